The fraction of sp³-hybridized carbons (Fsp3) is 0.238. The molecule has 5 nitrogen and oxygen atoms in total. The van der Waals surface area contributed by atoms with E-state index in [2.05, 4.69) is 11.2 Å². The van der Waals surface area contributed by atoms with Crippen LogP contribution in [0.5, 0.6) is 5.75 Å². The molecule has 0 aromatic heterocycles. The molecule has 0 atom stereocenters. The second-order valence-corrected chi connectivity index (χ2v) is 5.70. The number of aryl methyl sites for hydroxylation is 1. The minimum atomic E-state index is -0.242. The quantitative estimate of drug-likeness (QED) is 0.780. The van der Waals surface area contributed by atoms with E-state index in [-0.39, 0.29) is 24.8 Å². The number of carbonyl (C=O) groups excluding carboxylic acids is 2. The van der Waals surface area contributed by atoms with Gasteiger partial charge >= 0.3 is 0 Å². The van der Waals surface area contributed by atoms with Gasteiger partial charge in [-0.05, 0) is 42.3 Å². The van der Waals surface area contributed by atoms with Gasteiger partial charge in [0.2, 0.25) is 11.8 Å². The molecule has 26 heavy (non-hydrogen) atoms. The molecule has 2 amide bonds. The number of carbonyl (C=O) groups is 2. The SMILES string of the molecule is C#Cc1cccc(N(CC(=O)NC)C(=O)CCc2ccc(OC)cc2)c1. The average Bonchev–Trinajstić information content (AvgIpc) is 2.70. The lowest BCUT2D eigenvalue weighted by molar-refractivity contribution is -0.123. The minimum Gasteiger partial charge on any atom is -0.497 e. The van der Waals surface area contributed by atoms with Crippen molar-refractivity contribution in [2.75, 3.05) is 25.6 Å². The highest BCUT2D eigenvalue weighted by molar-refractivity contribution is 5.98. The summed E-state index contributed by atoms with van der Waals surface area (Å²) in [6, 6.07) is 14.6. The van der Waals surface area contributed by atoms with Crippen molar-refractivity contribution in [2.45, 2.75) is 12.8 Å². The number of nitrogens with one attached hydrogen (secondary N) is 1. The molecule has 2 aromatic rings. The molecule has 2 rings (SSSR count). The number of hydrogen-bond donors (Lipinski definition) is 1. The van der Waals surface area contributed by atoms with Crippen LogP contribution < -0.4 is 15.0 Å². The van der Waals surface area contributed by atoms with E-state index >= 15 is 0 Å². The number of terminal acetylenes is 1. The first-order valence-electron chi connectivity index (χ1n) is 8.28. The molecule has 2 aromatic carbocycles. The molecule has 0 fully saturated rings. The molecule has 0 unspecified atom stereocenters. The molecule has 5 heteroatoms. The van der Waals surface area contributed by atoms with Gasteiger partial charge in [-0.3, -0.25) is 9.59 Å². The monoisotopic (exact) mass is 350 g/mol. The maximum absolute atomic E-state index is 12.8. The summed E-state index contributed by atoms with van der Waals surface area (Å²) in [4.78, 5) is 26.1. The predicted molar refractivity (Wildman–Crippen MR) is 102 cm³/mol. The van der Waals surface area contributed by atoms with Crippen molar-refractivity contribution in [1.82, 2.24) is 5.32 Å². The highest BCUT2D eigenvalue weighted by Crippen LogP contribution is 2.18. The van der Waals surface area contributed by atoms with Crippen molar-refractivity contribution >= 4 is 17.5 Å². The van der Waals surface area contributed by atoms with Gasteiger partial charge in [-0.2, -0.15) is 0 Å². The maximum atomic E-state index is 12.8. The van der Waals surface area contributed by atoms with E-state index < -0.39 is 0 Å². The summed E-state index contributed by atoms with van der Waals surface area (Å²) in [5.74, 6) is 2.94. The van der Waals surface area contributed by atoms with Crippen LogP contribution in [0.3, 0.4) is 0 Å². The number of methoxy groups -OCH3 is 1. The summed E-state index contributed by atoms with van der Waals surface area (Å²) < 4.78 is 5.13. The largest absolute Gasteiger partial charge is 0.497 e. The van der Waals surface area contributed by atoms with E-state index in [1.54, 1.807) is 38.4 Å². The lowest BCUT2D eigenvalue weighted by Crippen LogP contribution is -2.40. The van der Waals surface area contributed by atoms with Crippen molar-refractivity contribution in [3.8, 4) is 18.1 Å². The second kappa shape index (κ2) is 9.28. The number of amides is 2. The van der Waals surface area contributed by atoms with Gasteiger partial charge in [0, 0.05) is 24.7 Å². The molecule has 0 radical (unpaired) electrons. The Bertz CT molecular complexity index is 807. The third-order valence-corrected chi connectivity index (χ3v) is 3.99. The number of ether oxygens (including phenoxy) is 1. The molecular formula is C21H22N2O3. The molecule has 0 aliphatic heterocycles. The Morgan fingerprint density at radius 2 is 1.92 bits per heavy atom. The fourth-order valence-electron chi connectivity index (χ4n) is 2.49. The maximum Gasteiger partial charge on any atom is 0.239 e. The zero-order valence-electron chi connectivity index (χ0n) is 15.0. The Morgan fingerprint density at radius 1 is 1.19 bits per heavy atom. The van der Waals surface area contributed by atoms with Gasteiger partial charge in [-0.25, -0.2) is 0 Å². The first kappa shape index (κ1) is 19.1. The Balaban J connectivity index is 2.13. The zero-order valence-corrected chi connectivity index (χ0v) is 15.0. The molecule has 0 bridgehead atoms. The van der Waals surface area contributed by atoms with Gasteiger partial charge in [0.05, 0.1) is 7.11 Å². The number of rotatable bonds is 7. The van der Waals surface area contributed by atoms with Gasteiger partial charge in [-0.15, -0.1) is 6.42 Å². The van der Waals surface area contributed by atoms with Gasteiger partial charge in [0.15, 0.2) is 0 Å². The summed E-state index contributed by atoms with van der Waals surface area (Å²) in [5.41, 5.74) is 2.30. The van der Waals surface area contributed by atoms with Gasteiger partial charge in [0.25, 0.3) is 0 Å². The van der Waals surface area contributed by atoms with Crippen LogP contribution in [0.2, 0.25) is 0 Å². The van der Waals surface area contributed by atoms with Crippen LogP contribution >= 0.6 is 0 Å². The molecule has 0 heterocycles. The summed E-state index contributed by atoms with van der Waals surface area (Å²) in [5, 5.41) is 2.55. The van der Waals surface area contributed by atoms with Crippen molar-refractivity contribution < 1.29 is 14.3 Å². The first-order chi connectivity index (χ1) is 12.6. The molecule has 0 spiro atoms. The van der Waals surface area contributed by atoms with Crippen LogP contribution in [0.15, 0.2) is 48.5 Å². The van der Waals surface area contributed by atoms with E-state index in [0.29, 0.717) is 17.7 Å². The molecule has 0 saturated heterocycles. The summed E-state index contributed by atoms with van der Waals surface area (Å²) in [7, 11) is 3.15. The summed E-state index contributed by atoms with van der Waals surface area (Å²) in [6.07, 6.45) is 6.29. The third kappa shape index (κ3) is 5.12. The fourth-order valence-corrected chi connectivity index (χ4v) is 2.49. The Morgan fingerprint density at radius 3 is 2.54 bits per heavy atom. The number of likely N-dealkylation sites (N-methyl/N-ethyl adjacent to an activating group) is 1. The summed E-state index contributed by atoms with van der Waals surface area (Å²) in [6.45, 7) is -0.0496. The molecule has 0 aliphatic rings. The first-order valence-corrected chi connectivity index (χ1v) is 8.28. The molecular weight excluding hydrogens is 328 g/mol. The molecule has 0 aliphatic carbocycles. The van der Waals surface area contributed by atoms with Gasteiger partial charge in [-0.1, -0.05) is 24.1 Å². The van der Waals surface area contributed by atoms with E-state index in [1.807, 2.05) is 24.3 Å². The van der Waals surface area contributed by atoms with Crippen molar-refractivity contribution in [1.29, 1.82) is 0 Å². The average molecular weight is 350 g/mol. The standard InChI is InChI=1S/C21H22N2O3/c1-4-16-6-5-7-18(14-16)23(15-20(24)22-2)21(25)13-10-17-8-11-19(26-3)12-9-17/h1,5-9,11-12,14H,10,13,15H2,2-3H3,(H,22,24). The highest BCUT2D eigenvalue weighted by atomic mass is 16.5. The zero-order chi connectivity index (χ0) is 18.9. The van der Waals surface area contributed by atoms with Crippen LogP contribution in [0.4, 0.5) is 5.69 Å². The predicted octanol–water partition coefficient (Wildman–Crippen LogP) is 2.39. The third-order valence-electron chi connectivity index (χ3n) is 3.99. The van der Waals surface area contributed by atoms with Crippen molar-refractivity contribution in [2.24, 2.45) is 0 Å². The Hall–Kier alpha value is -3.26. The van der Waals surface area contributed by atoms with Gasteiger partial charge < -0.3 is 15.0 Å². The highest BCUT2D eigenvalue weighted by Gasteiger charge is 2.18. The van der Waals surface area contributed by atoms with Crippen LogP contribution in [0.1, 0.15) is 17.5 Å². The number of nitrogens with zero attached hydrogens (tertiary/aromatic N) is 1. The summed E-state index contributed by atoms with van der Waals surface area (Å²) >= 11 is 0. The molecule has 134 valence electrons. The molecule has 0 saturated carbocycles. The lowest BCUT2D eigenvalue weighted by atomic mass is 10.1. The van der Waals surface area contributed by atoms with Crippen LogP contribution in [-0.4, -0.2) is 32.5 Å². The van der Waals surface area contributed by atoms with E-state index in [9.17, 15) is 9.59 Å². The van der Waals surface area contributed by atoms with Crippen LogP contribution in [-0.2, 0) is 16.0 Å². The van der Waals surface area contributed by atoms with Gasteiger partial charge in [0.1, 0.15) is 12.3 Å². The van der Waals surface area contributed by atoms with Crippen LogP contribution in [0, 0.1) is 12.3 Å². The smallest absolute Gasteiger partial charge is 0.239 e. The topological polar surface area (TPSA) is 58.6 Å². The number of hydrogen-bond acceptors (Lipinski definition) is 3. The normalized spacial score (nSPS) is 9.88. The van der Waals surface area contributed by atoms with Crippen LogP contribution in [0.25, 0.3) is 0 Å². The molecule has 1 N–H and O–H groups in total. The Labute approximate surface area is 154 Å². The minimum absolute atomic E-state index is 0.0496. The van der Waals surface area contributed by atoms with E-state index in [4.69, 9.17) is 11.2 Å². The number of anilines is 1. The number of benzene rings is 2. The lowest BCUT2D eigenvalue weighted by Gasteiger charge is -2.22. The van der Waals surface area contributed by atoms with E-state index in [0.717, 1.165) is 11.3 Å². The second-order valence-electron chi connectivity index (χ2n) is 5.70. The van der Waals surface area contributed by atoms with Crippen molar-refractivity contribution in [3.05, 3.63) is 59.7 Å². The Kier molecular flexibility index (Phi) is 6.81. The van der Waals surface area contributed by atoms with Crippen molar-refractivity contribution in [3.63, 3.8) is 0 Å². The van der Waals surface area contributed by atoms with E-state index in [1.165, 1.54) is 4.90 Å².